The van der Waals surface area contributed by atoms with E-state index in [0.717, 1.165) is 61.5 Å². The first-order valence-corrected chi connectivity index (χ1v) is 12.8. The molecule has 2 saturated heterocycles. The largest absolute Gasteiger partial charge is 0.390 e. The van der Waals surface area contributed by atoms with Gasteiger partial charge in [-0.3, -0.25) is 10.2 Å². The van der Waals surface area contributed by atoms with Crippen LogP contribution in [0.5, 0.6) is 0 Å². The minimum absolute atomic E-state index is 0.147. The molecule has 3 aliphatic heterocycles. The molecule has 5 rings (SSSR count). The number of likely N-dealkylation sites (tertiary alicyclic amines) is 1. The van der Waals surface area contributed by atoms with Crippen molar-refractivity contribution in [1.82, 2.24) is 10.2 Å². The van der Waals surface area contributed by atoms with Crippen LogP contribution in [0, 0.1) is 5.41 Å². The van der Waals surface area contributed by atoms with Crippen molar-refractivity contribution < 1.29 is 9.63 Å². The number of carbonyl (C=O) groups is 1. The molecule has 0 spiro atoms. The Bertz CT molecular complexity index is 1070. The molecule has 4 heterocycles. The smallest absolute Gasteiger partial charge is 0.261 e. The van der Waals surface area contributed by atoms with E-state index in [1.165, 1.54) is 24.2 Å². The van der Waals surface area contributed by atoms with Gasteiger partial charge in [-0.15, -0.1) is 11.3 Å². The van der Waals surface area contributed by atoms with E-state index in [1.807, 2.05) is 6.07 Å². The number of oxime groups is 1. The Kier molecular flexibility index (Phi) is 6.55. The first kappa shape index (κ1) is 22.2. The minimum Gasteiger partial charge on any atom is -0.390 e. The second-order valence-electron chi connectivity index (χ2n) is 8.75. The zero-order valence-electron chi connectivity index (χ0n) is 18.5. The van der Waals surface area contributed by atoms with Gasteiger partial charge in [0.25, 0.3) is 5.91 Å². The molecule has 1 amide bonds. The number of carbonyl (C=O) groups excluding carboxylic acids is 1. The van der Waals surface area contributed by atoms with E-state index >= 15 is 0 Å². The summed E-state index contributed by atoms with van der Waals surface area (Å²) in [7, 11) is 0. The molecule has 0 aliphatic carbocycles. The maximum atomic E-state index is 12.3. The SMILES string of the molecule is N=C(c1ccc(C2=NOC(CNC(=O)c3ccc(Cl)s3)C2)c(N2CCCC2)c1)N1CCCC1. The van der Waals surface area contributed by atoms with E-state index in [2.05, 4.69) is 32.4 Å². The average molecular weight is 486 g/mol. The molecule has 1 unspecified atom stereocenters. The lowest BCUT2D eigenvalue weighted by atomic mass is 9.99. The van der Waals surface area contributed by atoms with Crippen molar-refractivity contribution in [3.63, 3.8) is 0 Å². The minimum atomic E-state index is -0.201. The number of halogens is 1. The van der Waals surface area contributed by atoms with Gasteiger partial charge in [-0.25, -0.2) is 0 Å². The number of hydrogen-bond donors (Lipinski definition) is 2. The van der Waals surface area contributed by atoms with Gasteiger partial charge < -0.3 is 20.0 Å². The number of hydrogen-bond acceptors (Lipinski definition) is 6. The fraction of sp³-hybridized carbons (Fsp3) is 0.458. The van der Waals surface area contributed by atoms with Gasteiger partial charge >= 0.3 is 0 Å². The second-order valence-corrected chi connectivity index (χ2v) is 10.5. The Morgan fingerprint density at radius 1 is 1.15 bits per heavy atom. The maximum Gasteiger partial charge on any atom is 0.261 e. The monoisotopic (exact) mass is 485 g/mol. The van der Waals surface area contributed by atoms with E-state index in [0.29, 0.717) is 28.0 Å². The molecule has 2 N–H and O–H groups in total. The molecule has 7 nitrogen and oxygen atoms in total. The zero-order chi connectivity index (χ0) is 22.8. The van der Waals surface area contributed by atoms with Crippen molar-refractivity contribution >= 4 is 46.1 Å². The Hall–Kier alpha value is -2.58. The van der Waals surface area contributed by atoms with Crippen LogP contribution in [0.25, 0.3) is 0 Å². The summed E-state index contributed by atoms with van der Waals surface area (Å²) < 4.78 is 0.596. The summed E-state index contributed by atoms with van der Waals surface area (Å²) in [6, 6.07) is 9.72. The summed E-state index contributed by atoms with van der Waals surface area (Å²) in [6.45, 7) is 4.35. The standard InChI is InChI=1S/C24H28ClN5O2S/c25-22-8-7-21(33-22)24(31)27-15-17-14-19(28-32-17)18-6-5-16(23(26)30-11-3-4-12-30)13-20(18)29-9-1-2-10-29/h5-8,13,17,26H,1-4,9-12,14-15H2,(H,27,31). The third kappa shape index (κ3) is 4.87. The number of nitrogens with zero attached hydrogens (tertiary/aromatic N) is 3. The fourth-order valence-corrected chi connectivity index (χ4v) is 5.65. The first-order chi connectivity index (χ1) is 16.1. The van der Waals surface area contributed by atoms with E-state index in [9.17, 15) is 4.79 Å². The number of thiophene rings is 1. The molecule has 33 heavy (non-hydrogen) atoms. The van der Waals surface area contributed by atoms with Crippen LogP contribution in [0.1, 0.15) is 52.9 Å². The molecule has 174 valence electrons. The molecule has 0 saturated carbocycles. The van der Waals surface area contributed by atoms with Crippen molar-refractivity contribution in [3.8, 4) is 0 Å². The van der Waals surface area contributed by atoms with E-state index in [1.54, 1.807) is 12.1 Å². The highest BCUT2D eigenvalue weighted by Crippen LogP contribution is 2.30. The predicted molar refractivity (Wildman–Crippen MR) is 133 cm³/mol. The number of amides is 1. The molecule has 1 aromatic carbocycles. The van der Waals surface area contributed by atoms with Gasteiger partial charge in [0.1, 0.15) is 11.9 Å². The van der Waals surface area contributed by atoms with Crippen molar-refractivity contribution in [2.75, 3.05) is 37.6 Å². The average Bonchev–Trinajstić information content (AvgIpc) is 3.63. The highest BCUT2D eigenvalue weighted by molar-refractivity contribution is 7.18. The Balaban J connectivity index is 1.28. The van der Waals surface area contributed by atoms with Crippen LogP contribution in [0.3, 0.4) is 0 Å². The number of benzene rings is 1. The highest BCUT2D eigenvalue weighted by Gasteiger charge is 2.28. The Labute approximate surface area is 202 Å². The van der Waals surface area contributed by atoms with Gasteiger partial charge in [-0.05, 0) is 43.9 Å². The molecular formula is C24H28ClN5O2S. The number of nitrogens with one attached hydrogen (secondary N) is 2. The molecule has 1 aromatic heterocycles. The van der Waals surface area contributed by atoms with Crippen LogP contribution in [-0.2, 0) is 4.84 Å². The second kappa shape index (κ2) is 9.73. The topological polar surface area (TPSA) is 81.0 Å². The van der Waals surface area contributed by atoms with Crippen molar-refractivity contribution in [2.45, 2.75) is 38.2 Å². The summed E-state index contributed by atoms with van der Waals surface area (Å²) in [5.41, 5.74) is 4.05. The number of amidine groups is 1. The van der Waals surface area contributed by atoms with E-state index < -0.39 is 0 Å². The van der Waals surface area contributed by atoms with Gasteiger partial charge in [-0.1, -0.05) is 28.9 Å². The number of rotatable bonds is 6. The molecule has 1 atom stereocenters. The van der Waals surface area contributed by atoms with Gasteiger partial charge in [-0.2, -0.15) is 0 Å². The molecule has 0 radical (unpaired) electrons. The zero-order valence-corrected chi connectivity index (χ0v) is 20.1. The van der Waals surface area contributed by atoms with Crippen LogP contribution in [-0.4, -0.2) is 61.2 Å². The molecule has 9 heteroatoms. The van der Waals surface area contributed by atoms with Gasteiger partial charge in [0.05, 0.1) is 21.5 Å². The highest BCUT2D eigenvalue weighted by atomic mass is 35.5. The van der Waals surface area contributed by atoms with E-state index in [4.69, 9.17) is 21.8 Å². The normalized spacial score (nSPS) is 20.2. The predicted octanol–water partition coefficient (Wildman–Crippen LogP) is 4.35. The molecule has 3 aliphatic rings. The molecule has 2 aromatic rings. The Morgan fingerprint density at radius 3 is 2.64 bits per heavy atom. The summed E-state index contributed by atoms with van der Waals surface area (Å²) in [4.78, 5) is 23.1. The van der Waals surface area contributed by atoms with Crippen LogP contribution < -0.4 is 10.2 Å². The summed E-state index contributed by atoms with van der Waals surface area (Å²) in [5, 5.41) is 16.0. The van der Waals surface area contributed by atoms with Gasteiger partial charge in [0.2, 0.25) is 0 Å². The van der Waals surface area contributed by atoms with E-state index in [-0.39, 0.29) is 12.0 Å². The van der Waals surface area contributed by atoms with Crippen LogP contribution >= 0.6 is 22.9 Å². The third-order valence-corrected chi connectivity index (χ3v) is 7.70. The third-order valence-electron chi connectivity index (χ3n) is 6.47. The van der Waals surface area contributed by atoms with Crippen molar-refractivity contribution in [2.24, 2.45) is 5.16 Å². The lowest BCUT2D eigenvalue weighted by Gasteiger charge is -2.24. The first-order valence-electron chi connectivity index (χ1n) is 11.6. The summed E-state index contributed by atoms with van der Waals surface area (Å²) >= 11 is 7.19. The maximum absolute atomic E-state index is 12.3. The van der Waals surface area contributed by atoms with Crippen LogP contribution in [0.15, 0.2) is 35.5 Å². The Morgan fingerprint density at radius 2 is 1.91 bits per heavy atom. The van der Waals surface area contributed by atoms with Crippen LogP contribution in [0.4, 0.5) is 5.69 Å². The quantitative estimate of drug-likeness (QED) is 0.471. The van der Waals surface area contributed by atoms with Crippen molar-refractivity contribution in [3.05, 3.63) is 50.7 Å². The lowest BCUT2D eigenvalue weighted by molar-refractivity contribution is 0.0755. The molecule has 2 fully saturated rings. The summed E-state index contributed by atoms with van der Waals surface area (Å²) in [6.07, 6.45) is 5.11. The summed E-state index contributed by atoms with van der Waals surface area (Å²) in [5.74, 6) is 0.463. The van der Waals surface area contributed by atoms with Crippen molar-refractivity contribution in [1.29, 1.82) is 5.41 Å². The lowest BCUT2D eigenvalue weighted by Crippen LogP contribution is -2.32. The molecular weight excluding hydrogens is 458 g/mol. The fourth-order valence-electron chi connectivity index (χ4n) is 4.69. The van der Waals surface area contributed by atoms with Crippen LogP contribution in [0.2, 0.25) is 4.34 Å². The molecule has 0 bridgehead atoms. The van der Waals surface area contributed by atoms with Gasteiger partial charge in [0.15, 0.2) is 0 Å². The van der Waals surface area contributed by atoms with Gasteiger partial charge in [0, 0.05) is 49.4 Å². The number of anilines is 1.